The van der Waals surface area contributed by atoms with Crippen molar-refractivity contribution in [3.8, 4) is 6.07 Å². The molecular weight excluding hydrogens is 340 g/mol. The van der Waals surface area contributed by atoms with Crippen molar-refractivity contribution in [1.29, 1.82) is 5.26 Å². The lowest BCUT2D eigenvalue weighted by Gasteiger charge is -2.12. The molecule has 2 rings (SSSR count). The van der Waals surface area contributed by atoms with Gasteiger partial charge >= 0.3 is 0 Å². The highest BCUT2D eigenvalue weighted by molar-refractivity contribution is 9.10. The Bertz CT molecular complexity index is 647. The SMILES string of the molecule is N#CC(NC(=O)c1cc(Cl)cc(Br)c1)c1ccccc1. The standard InChI is InChI=1S/C15H10BrClN2O/c16-12-6-11(7-13(17)8-12)15(20)19-14(9-18)10-4-2-1-3-5-10/h1-8,14H,(H,19,20). The number of nitrogens with zero attached hydrogens (tertiary/aromatic N) is 1. The van der Waals surface area contributed by atoms with E-state index < -0.39 is 6.04 Å². The van der Waals surface area contributed by atoms with Gasteiger partial charge in [-0.05, 0) is 23.8 Å². The van der Waals surface area contributed by atoms with Crippen LogP contribution in [0.4, 0.5) is 0 Å². The van der Waals surface area contributed by atoms with Crippen molar-refractivity contribution in [2.45, 2.75) is 6.04 Å². The predicted molar refractivity (Wildman–Crippen MR) is 81.4 cm³/mol. The van der Waals surface area contributed by atoms with Crippen LogP contribution in [0.3, 0.4) is 0 Å². The zero-order chi connectivity index (χ0) is 14.5. The van der Waals surface area contributed by atoms with Crippen LogP contribution in [0.5, 0.6) is 0 Å². The van der Waals surface area contributed by atoms with Crippen LogP contribution in [0.25, 0.3) is 0 Å². The van der Waals surface area contributed by atoms with Gasteiger partial charge in [0.2, 0.25) is 0 Å². The van der Waals surface area contributed by atoms with Gasteiger partial charge in [0.25, 0.3) is 5.91 Å². The first-order chi connectivity index (χ1) is 9.60. The maximum atomic E-state index is 12.2. The highest BCUT2D eigenvalue weighted by Gasteiger charge is 2.15. The van der Waals surface area contributed by atoms with Crippen LogP contribution in [-0.4, -0.2) is 5.91 Å². The summed E-state index contributed by atoms with van der Waals surface area (Å²) in [4.78, 5) is 12.2. The zero-order valence-electron chi connectivity index (χ0n) is 10.3. The normalized spacial score (nSPS) is 11.4. The summed E-state index contributed by atoms with van der Waals surface area (Å²) in [7, 11) is 0. The van der Waals surface area contributed by atoms with Crippen LogP contribution in [0.2, 0.25) is 5.02 Å². The molecule has 0 radical (unpaired) electrons. The summed E-state index contributed by atoms with van der Waals surface area (Å²) in [5.41, 5.74) is 1.14. The fourth-order valence-corrected chi connectivity index (χ4v) is 2.60. The third-order valence-corrected chi connectivity index (χ3v) is 3.34. The smallest absolute Gasteiger partial charge is 0.252 e. The zero-order valence-corrected chi connectivity index (χ0v) is 12.6. The minimum Gasteiger partial charge on any atom is -0.332 e. The number of nitriles is 1. The maximum absolute atomic E-state index is 12.2. The summed E-state index contributed by atoms with van der Waals surface area (Å²) in [5.74, 6) is -0.344. The van der Waals surface area contributed by atoms with E-state index in [9.17, 15) is 10.1 Å². The Morgan fingerprint density at radius 3 is 2.55 bits per heavy atom. The van der Waals surface area contributed by atoms with E-state index in [1.165, 1.54) is 0 Å². The van der Waals surface area contributed by atoms with Crippen molar-refractivity contribution < 1.29 is 4.79 Å². The van der Waals surface area contributed by atoms with E-state index in [1.807, 2.05) is 18.2 Å². The number of nitrogens with one attached hydrogen (secondary N) is 1. The number of benzene rings is 2. The molecule has 20 heavy (non-hydrogen) atoms. The topological polar surface area (TPSA) is 52.9 Å². The second-order valence-corrected chi connectivity index (χ2v) is 5.46. The fourth-order valence-electron chi connectivity index (χ4n) is 1.73. The molecule has 0 fully saturated rings. The summed E-state index contributed by atoms with van der Waals surface area (Å²) in [6.07, 6.45) is 0. The number of halogens is 2. The lowest BCUT2D eigenvalue weighted by molar-refractivity contribution is 0.0945. The average Bonchev–Trinajstić information content (AvgIpc) is 2.44. The average molecular weight is 350 g/mol. The molecular formula is C15H10BrClN2O. The third-order valence-electron chi connectivity index (χ3n) is 2.66. The van der Waals surface area contributed by atoms with Gasteiger partial charge in [0.05, 0.1) is 6.07 Å². The van der Waals surface area contributed by atoms with Crippen LogP contribution in [0.1, 0.15) is 22.0 Å². The fraction of sp³-hybridized carbons (Fsp3) is 0.0667. The van der Waals surface area contributed by atoms with Crippen molar-refractivity contribution in [2.24, 2.45) is 0 Å². The number of carbonyl (C=O) groups is 1. The molecule has 0 saturated carbocycles. The molecule has 1 atom stereocenters. The van der Waals surface area contributed by atoms with Crippen LogP contribution < -0.4 is 5.32 Å². The molecule has 2 aromatic carbocycles. The van der Waals surface area contributed by atoms with Gasteiger partial charge in [0.1, 0.15) is 6.04 Å². The highest BCUT2D eigenvalue weighted by atomic mass is 79.9. The lowest BCUT2D eigenvalue weighted by Crippen LogP contribution is -2.27. The van der Waals surface area contributed by atoms with E-state index in [2.05, 4.69) is 27.3 Å². The summed E-state index contributed by atoms with van der Waals surface area (Å²) in [5, 5.41) is 12.3. The van der Waals surface area contributed by atoms with E-state index in [0.29, 0.717) is 15.1 Å². The first kappa shape index (κ1) is 14.6. The molecule has 100 valence electrons. The Morgan fingerprint density at radius 1 is 1.25 bits per heavy atom. The summed E-state index contributed by atoms with van der Waals surface area (Å²) >= 11 is 9.19. The van der Waals surface area contributed by atoms with Gasteiger partial charge in [0.15, 0.2) is 0 Å². The molecule has 5 heteroatoms. The van der Waals surface area contributed by atoms with Crippen molar-refractivity contribution in [2.75, 3.05) is 0 Å². The maximum Gasteiger partial charge on any atom is 0.252 e. The Labute approximate surface area is 130 Å². The van der Waals surface area contributed by atoms with Crippen molar-refractivity contribution in [3.05, 3.63) is 69.2 Å². The molecule has 2 aromatic rings. The van der Waals surface area contributed by atoms with E-state index in [0.717, 1.165) is 5.56 Å². The van der Waals surface area contributed by atoms with Crippen LogP contribution >= 0.6 is 27.5 Å². The first-order valence-corrected chi connectivity index (χ1v) is 6.99. The molecule has 1 unspecified atom stereocenters. The summed E-state index contributed by atoms with van der Waals surface area (Å²) in [6, 6.07) is 15.4. The number of amides is 1. The van der Waals surface area contributed by atoms with Gasteiger partial charge in [-0.2, -0.15) is 5.26 Å². The molecule has 1 amide bonds. The quantitative estimate of drug-likeness (QED) is 0.907. The van der Waals surface area contributed by atoms with Gasteiger partial charge < -0.3 is 5.32 Å². The second-order valence-electron chi connectivity index (χ2n) is 4.10. The van der Waals surface area contributed by atoms with Crippen LogP contribution in [0.15, 0.2) is 53.0 Å². The minimum absolute atomic E-state index is 0.344. The molecule has 0 heterocycles. The van der Waals surface area contributed by atoms with Crippen molar-refractivity contribution >= 4 is 33.4 Å². The summed E-state index contributed by atoms with van der Waals surface area (Å²) < 4.78 is 0.711. The lowest BCUT2D eigenvalue weighted by atomic mass is 10.1. The largest absolute Gasteiger partial charge is 0.332 e. The molecule has 0 aromatic heterocycles. The Balaban J connectivity index is 2.20. The molecule has 0 spiro atoms. The third kappa shape index (κ3) is 3.60. The minimum atomic E-state index is -0.693. The van der Waals surface area contributed by atoms with Crippen LogP contribution in [0, 0.1) is 11.3 Å². The van der Waals surface area contributed by atoms with Crippen LogP contribution in [-0.2, 0) is 0 Å². The number of rotatable bonds is 3. The van der Waals surface area contributed by atoms with Gasteiger partial charge in [-0.25, -0.2) is 0 Å². The summed E-state index contributed by atoms with van der Waals surface area (Å²) in [6.45, 7) is 0. The number of hydrogen-bond acceptors (Lipinski definition) is 2. The Hall–Kier alpha value is -1.83. The predicted octanol–water partition coefficient (Wildman–Crippen LogP) is 4.10. The number of hydrogen-bond donors (Lipinski definition) is 1. The monoisotopic (exact) mass is 348 g/mol. The molecule has 3 nitrogen and oxygen atoms in total. The Morgan fingerprint density at radius 2 is 1.95 bits per heavy atom. The van der Waals surface area contributed by atoms with Gasteiger partial charge in [-0.3, -0.25) is 4.79 Å². The molecule has 0 aliphatic heterocycles. The number of carbonyl (C=O) groups excluding carboxylic acids is 1. The second kappa shape index (κ2) is 6.56. The Kier molecular flexibility index (Phi) is 4.78. The van der Waals surface area contributed by atoms with E-state index in [1.54, 1.807) is 30.3 Å². The van der Waals surface area contributed by atoms with Gasteiger partial charge in [0, 0.05) is 15.1 Å². The van der Waals surface area contributed by atoms with Gasteiger partial charge in [-0.15, -0.1) is 0 Å². The van der Waals surface area contributed by atoms with Crippen molar-refractivity contribution in [3.63, 3.8) is 0 Å². The van der Waals surface area contributed by atoms with Gasteiger partial charge in [-0.1, -0.05) is 57.9 Å². The van der Waals surface area contributed by atoms with E-state index in [-0.39, 0.29) is 5.91 Å². The van der Waals surface area contributed by atoms with E-state index >= 15 is 0 Å². The molecule has 0 saturated heterocycles. The van der Waals surface area contributed by atoms with E-state index in [4.69, 9.17) is 11.6 Å². The molecule has 1 N–H and O–H groups in total. The molecule has 0 aliphatic carbocycles. The van der Waals surface area contributed by atoms with Crippen molar-refractivity contribution in [1.82, 2.24) is 5.32 Å². The molecule has 0 aliphatic rings. The molecule has 0 bridgehead atoms. The first-order valence-electron chi connectivity index (χ1n) is 5.81. The highest BCUT2D eigenvalue weighted by Crippen LogP contribution is 2.20.